The number of nitrogen functional groups attached to an aromatic ring is 1. The van der Waals surface area contributed by atoms with Gasteiger partial charge in [-0.25, -0.2) is 4.98 Å². The number of anilines is 1. The fourth-order valence-corrected chi connectivity index (χ4v) is 3.45. The zero-order chi connectivity index (χ0) is 16.1. The smallest absolute Gasteiger partial charge is 0.227 e. The molecule has 1 aliphatic rings. The van der Waals surface area contributed by atoms with Gasteiger partial charge in [0.05, 0.1) is 19.1 Å². The number of thiophene rings is 1. The molecule has 0 bridgehead atoms. The van der Waals surface area contributed by atoms with Crippen molar-refractivity contribution in [1.29, 1.82) is 0 Å². The van der Waals surface area contributed by atoms with Crippen LogP contribution < -0.4 is 5.73 Å². The number of hydrogen-bond donors (Lipinski definition) is 1. The summed E-state index contributed by atoms with van der Waals surface area (Å²) in [5, 5.41) is 4.04. The molecule has 1 atom stereocenters. The van der Waals surface area contributed by atoms with Crippen LogP contribution in [0.4, 0.5) is 5.82 Å². The van der Waals surface area contributed by atoms with Gasteiger partial charge in [-0.3, -0.25) is 4.79 Å². The number of rotatable bonds is 5. The van der Waals surface area contributed by atoms with E-state index in [-0.39, 0.29) is 12.0 Å². The van der Waals surface area contributed by atoms with E-state index in [0.29, 0.717) is 31.9 Å². The van der Waals surface area contributed by atoms with Crippen molar-refractivity contribution in [2.45, 2.75) is 25.4 Å². The molecule has 1 aliphatic heterocycles. The zero-order valence-corrected chi connectivity index (χ0v) is 13.8. The number of hydrogen-bond acceptors (Lipinski definition) is 5. The van der Waals surface area contributed by atoms with Crippen LogP contribution >= 0.6 is 11.3 Å². The quantitative estimate of drug-likeness (QED) is 0.911. The van der Waals surface area contributed by atoms with Gasteiger partial charge in [0.25, 0.3) is 0 Å². The molecule has 0 unspecified atom stereocenters. The maximum Gasteiger partial charge on any atom is 0.227 e. The minimum atomic E-state index is 0.0876. The minimum absolute atomic E-state index is 0.0876. The normalized spacial score (nSPS) is 18.1. The molecule has 23 heavy (non-hydrogen) atoms. The monoisotopic (exact) mass is 331 g/mol. The molecule has 5 nitrogen and oxygen atoms in total. The summed E-state index contributed by atoms with van der Waals surface area (Å²) < 4.78 is 5.81. The highest BCUT2D eigenvalue weighted by atomic mass is 32.1. The lowest BCUT2D eigenvalue weighted by atomic mass is 10.1. The second-order valence-corrected chi connectivity index (χ2v) is 6.55. The summed E-state index contributed by atoms with van der Waals surface area (Å²) in [6.07, 6.45) is 4.06. The maximum atomic E-state index is 12.4. The SMILES string of the molecule is Nc1cc(CC[C@H]2CN(C(=O)Cc3ccsc3)CCO2)ccn1. The molecule has 1 amide bonds. The van der Waals surface area contributed by atoms with Gasteiger partial charge in [-0.2, -0.15) is 11.3 Å². The Labute approximate surface area is 140 Å². The molecule has 0 spiro atoms. The number of ether oxygens (including phenoxy) is 1. The molecule has 2 N–H and O–H groups in total. The Kier molecular flexibility index (Phi) is 5.25. The number of carbonyl (C=O) groups excluding carboxylic acids is 1. The van der Waals surface area contributed by atoms with Crippen LogP contribution in [0.5, 0.6) is 0 Å². The largest absolute Gasteiger partial charge is 0.384 e. The van der Waals surface area contributed by atoms with Gasteiger partial charge in [0, 0.05) is 19.3 Å². The van der Waals surface area contributed by atoms with Gasteiger partial charge in [-0.15, -0.1) is 0 Å². The summed E-state index contributed by atoms with van der Waals surface area (Å²) >= 11 is 1.62. The van der Waals surface area contributed by atoms with Gasteiger partial charge in [0.1, 0.15) is 5.82 Å². The fraction of sp³-hybridized carbons (Fsp3) is 0.412. The van der Waals surface area contributed by atoms with Gasteiger partial charge < -0.3 is 15.4 Å². The van der Waals surface area contributed by atoms with Crippen LogP contribution in [0, 0.1) is 0 Å². The number of aryl methyl sites for hydroxylation is 1. The van der Waals surface area contributed by atoms with Crippen LogP contribution in [-0.2, 0) is 22.4 Å². The van der Waals surface area contributed by atoms with E-state index >= 15 is 0 Å². The van der Waals surface area contributed by atoms with Crippen LogP contribution in [0.3, 0.4) is 0 Å². The van der Waals surface area contributed by atoms with Crippen LogP contribution in [0.15, 0.2) is 35.2 Å². The highest BCUT2D eigenvalue weighted by Crippen LogP contribution is 2.15. The molecule has 122 valence electrons. The summed E-state index contributed by atoms with van der Waals surface area (Å²) in [4.78, 5) is 18.3. The number of morpholine rings is 1. The predicted molar refractivity (Wildman–Crippen MR) is 91.3 cm³/mol. The summed E-state index contributed by atoms with van der Waals surface area (Å²) in [5.74, 6) is 0.726. The Hall–Kier alpha value is -1.92. The van der Waals surface area contributed by atoms with E-state index in [1.54, 1.807) is 17.5 Å². The van der Waals surface area contributed by atoms with E-state index in [2.05, 4.69) is 4.98 Å². The molecule has 0 aromatic carbocycles. The van der Waals surface area contributed by atoms with Gasteiger partial charge in [0.2, 0.25) is 5.91 Å². The first kappa shape index (κ1) is 16.0. The van der Waals surface area contributed by atoms with Crippen molar-refractivity contribution < 1.29 is 9.53 Å². The van der Waals surface area contributed by atoms with Gasteiger partial charge in [-0.1, -0.05) is 0 Å². The topological polar surface area (TPSA) is 68.5 Å². The van der Waals surface area contributed by atoms with E-state index in [1.807, 2.05) is 33.9 Å². The molecular weight excluding hydrogens is 310 g/mol. The number of pyridine rings is 1. The van der Waals surface area contributed by atoms with Crippen LogP contribution in [0.2, 0.25) is 0 Å². The Morgan fingerprint density at radius 1 is 1.43 bits per heavy atom. The van der Waals surface area contributed by atoms with Crippen LogP contribution in [0.1, 0.15) is 17.5 Å². The molecular formula is C17H21N3O2S. The lowest BCUT2D eigenvalue weighted by Gasteiger charge is -2.33. The second kappa shape index (κ2) is 7.57. The molecule has 0 radical (unpaired) electrons. The standard InChI is InChI=1S/C17H21N3O2S/c18-16-9-13(3-5-19-16)1-2-15-11-20(6-7-22-15)17(21)10-14-4-8-23-12-14/h3-5,8-9,12,15H,1-2,6-7,10-11H2,(H2,18,19)/t15-/m0/s1. The summed E-state index contributed by atoms with van der Waals surface area (Å²) in [5.41, 5.74) is 7.95. The highest BCUT2D eigenvalue weighted by molar-refractivity contribution is 7.07. The van der Waals surface area contributed by atoms with Crippen molar-refractivity contribution in [2.24, 2.45) is 0 Å². The van der Waals surface area contributed by atoms with Crippen molar-refractivity contribution in [3.05, 3.63) is 46.3 Å². The average Bonchev–Trinajstić information content (AvgIpc) is 3.06. The number of nitrogens with zero attached hydrogens (tertiary/aromatic N) is 2. The van der Waals surface area contributed by atoms with Crippen molar-refractivity contribution in [3.63, 3.8) is 0 Å². The van der Waals surface area contributed by atoms with E-state index in [9.17, 15) is 4.79 Å². The third-order valence-electron chi connectivity index (χ3n) is 4.03. The molecule has 3 rings (SSSR count). The van der Waals surface area contributed by atoms with E-state index < -0.39 is 0 Å². The third kappa shape index (κ3) is 4.53. The Bertz CT molecular complexity index is 645. The highest BCUT2D eigenvalue weighted by Gasteiger charge is 2.24. The maximum absolute atomic E-state index is 12.4. The van der Waals surface area contributed by atoms with Crippen molar-refractivity contribution in [2.75, 3.05) is 25.4 Å². The number of aromatic nitrogens is 1. The molecule has 1 fully saturated rings. The average molecular weight is 331 g/mol. The molecule has 3 heterocycles. The van der Waals surface area contributed by atoms with Gasteiger partial charge in [-0.05, 0) is 52.9 Å². The van der Waals surface area contributed by atoms with E-state index in [0.717, 1.165) is 24.0 Å². The van der Waals surface area contributed by atoms with Gasteiger partial charge >= 0.3 is 0 Å². The zero-order valence-electron chi connectivity index (χ0n) is 13.0. The van der Waals surface area contributed by atoms with Crippen molar-refractivity contribution in [1.82, 2.24) is 9.88 Å². The summed E-state index contributed by atoms with van der Waals surface area (Å²) in [6, 6.07) is 5.87. The first-order chi connectivity index (χ1) is 11.2. The molecule has 0 saturated carbocycles. The predicted octanol–water partition coefficient (Wildman–Crippen LogP) is 2.13. The number of carbonyl (C=O) groups is 1. The Morgan fingerprint density at radius 3 is 3.13 bits per heavy atom. The fourth-order valence-electron chi connectivity index (χ4n) is 2.78. The number of amides is 1. The molecule has 1 saturated heterocycles. The van der Waals surface area contributed by atoms with E-state index in [4.69, 9.17) is 10.5 Å². The third-order valence-corrected chi connectivity index (χ3v) is 4.76. The first-order valence-electron chi connectivity index (χ1n) is 7.81. The van der Waals surface area contributed by atoms with Crippen LogP contribution in [-0.4, -0.2) is 41.6 Å². The Balaban J connectivity index is 1.50. The van der Waals surface area contributed by atoms with Gasteiger partial charge in [0.15, 0.2) is 0 Å². The Morgan fingerprint density at radius 2 is 2.35 bits per heavy atom. The summed E-state index contributed by atoms with van der Waals surface area (Å²) in [7, 11) is 0. The molecule has 2 aromatic heterocycles. The van der Waals surface area contributed by atoms with Crippen LogP contribution in [0.25, 0.3) is 0 Å². The van der Waals surface area contributed by atoms with Crippen molar-refractivity contribution in [3.8, 4) is 0 Å². The minimum Gasteiger partial charge on any atom is -0.384 e. The first-order valence-corrected chi connectivity index (χ1v) is 8.76. The van der Waals surface area contributed by atoms with E-state index in [1.165, 1.54) is 0 Å². The second-order valence-electron chi connectivity index (χ2n) is 5.77. The lowest BCUT2D eigenvalue weighted by Crippen LogP contribution is -2.46. The molecule has 0 aliphatic carbocycles. The molecule has 2 aromatic rings. The summed E-state index contributed by atoms with van der Waals surface area (Å²) in [6.45, 7) is 1.96. The van der Waals surface area contributed by atoms with Crippen molar-refractivity contribution >= 4 is 23.1 Å². The number of nitrogens with two attached hydrogens (primary N) is 1. The lowest BCUT2D eigenvalue weighted by molar-refractivity contribution is -0.138. The molecule has 6 heteroatoms.